The second-order valence-corrected chi connectivity index (χ2v) is 17.0. The molecule has 2 N–H and O–H groups in total. The summed E-state index contributed by atoms with van der Waals surface area (Å²) in [5.74, 6) is -2.36. The van der Waals surface area contributed by atoms with Gasteiger partial charge in [-0.15, -0.1) is 0 Å². The minimum Gasteiger partial charge on any atom is -0.377 e. The Morgan fingerprint density at radius 1 is 0.418 bits per heavy atom. The number of carbonyl (C=O) groups excluding carboxylic acids is 11. The predicted octanol–water partition coefficient (Wildman–Crippen LogP) is -3.92. The molecule has 0 radical (unpaired) electrons. The van der Waals surface area contributed by atoms with Crippen LogP contribution in [0, 0.1) is 0 Å². The first kappa shape index (κ1) is 65.7. The summed E-state index contributed by atoms with van der Waals surface area (Å²) >= 11 is 0. The van der Waals surface area contributed by atoms with Crippen LogP contribution in [-0.2, 0) is 57.5 Å². The van der Waals surface area contributed by atoms with Crippen LogP contribution in [-0.4, -0.2) is 297 Å². The molecule has 0 heterocycles. The molecule has 24 nitrogen and oxygen atoms in total. The van der Waals surface area contributed by atoms with Gasteiger partial charge in [-0.05, 0) is 62.9 Å². The maximum absolute atomic E-state index is 12.3. The first-order valence-corrected chi connectivity index (χ1v) is 21.7. The molecule has 0 aliphatic carbocycles. The van der Waals surface area contributed by atoms with E-state index >= 15 is 0 Å². The lowest BCUT2D eigenvalue weighted by molar-refractivity contribution is -0.144. The molecule has 24 heteroatoms. The van der Waals surface area contributed by atoms with E-state index in [1.54, 1.807) is 23.9 Å². The molecule has 0 fully saturated rings. The van der Waals surface area contributed by atoms with Gasteiger partial charge < -0.3 is 69.1 Å². The van der Waals surface area contributed by atoms with Crippen LogP contribution in [0.5, 0.6) is 0 Å². The van der Waals surface area contributed by atoms with Crippen molar-refractivity contribution in [3.8, 4) is 0 Å². The molecule has 0 saturated carbocycles. The van der Waals surface area contributed by atoms with Crippen molar-refractivity contribution in [1.29, 1.82) is 0 Å². The Morgan fingerprint density at radius 2 is 0.731 bits per heavy atom. The van der Waals surface area contributed by atoms with Crippen LogP contribution in [0.25, 0.3) is 0 Å². The fourth-order valence-electron chi connectivity index (χ4n) is 4.63. The number of carbonyl (C=O) groups is 11. The molecule has 0 rings (SSSR count). The van der Waals surface area contributed by atoms with E-state index in [1.807, 2.05) is 53.7 Å². The molecule has 0 aromatic rings. The van der Waals surface area contributed by atoms with Crippen LogP contribution in [0.2, 0.25) is 0 Å². The van der Waals surface area contributed by atoms with Crippen molar-refractivity contribution in [2.75, 3.05) is 170 Å². The van der Waals surface area contributed by atoms with Gasteiger partial charge in [0.25, 0.3) is 0 Å². The molecule has 0 aliphatic rings. The van der Waals surface area contributed by atoms with Crippen molar-refractivity contribution in [1.82, 2.24) is 59.6 Å². The number of nitrogens with one attached hydrogen (secondary N) is 2. The summed E-state index contributed by atoms with van der Waals surface area (Å²) in [4.78, 5) is 141. The average Bonchev–Trinajstić information content (AvgIpc) is 3.21. The smallest absolute Gasteiger partial charge is 0.242 e. The highest BCUT2D eigenvalue weighted by molar-refractivity contribution is 5.91. The van der Waals surface area contributed by atoms with Crippen LogP contribution in [0.4, 0.5) is 0 Å². The maximum atomic E-state index is 12.3. The zero-order valence-corrected chi connectivity index (χ0v) is 43.1. The number of hydrogen-bond acceptors (Lipinski definition) is 15. The quantitative estimate of drug-likeness (QED) is 0.0562. The van der Waals surface area contributed by atoms with Gasteiger partial charge in [0, 0.05) is 74.9 Å². The Bertz CT molecular complexity index is 1580. The van der Waals surface area contributed by atoms with Crippen molar-refractivity contribution in [2.24, 2.45) is 0 Å². The summed E-state index contributed by atoms with van der Waals surface area (Å²) in [6, 6.07) is 0.206. The standard InChI is InChI=1S/C18H33N5O5.C13H24N4O4.C12H25N3O3/c1-14(2)20(4)10-16(26)22(6)12-18(28)23(7)13-17(27)21(5)11-15(25)19(3)8-9-24;1-14(2)8-11(19)16(4)10-13(21)17(5)9-12(20)15(3)6-7-18;1-10(2)18-8-7-14-11(16)5-6-13-12(17)9-15(3)4/h9,14H,8,10-13H2,1-7H3;7H,6,8-10H2,1-5H3;10H,5-9H2,1-4H3,(H,13,17)(H,14,16). The average molecular weight is 959 g/mol. The maximum Gasteiger partial charge on any atom is 0.242 e. The second kappa shape index (κ2) is 36.5. The molecule has 0 bridgehead atoms. The van der Waals surface area contributed by atoms with Gasteiger partial charge >= 0.3 is 0 Å². The topological polar surface area (TPSA) is 253 Å². The highest BCUT2D eigenvalue weighted by Crippen LogP contribution is 1.99. The van der Waals surface area contributed by atoms with Gasteiger partial charge in [-0.3, -0.25) is 48.1 Å². The number of hydrogen-bond donors (Lipinski definition) is 2. The van der Waals surface area contributed by atoms with Crippen molar-refractivity contribution >= 4 is 65.7 Å². The highest BCUT2D eigenvalue weighted by atomic mass is 16.5. The number of rotatable bonds is 28. The highest BCUT2D eigenvalue weighted by Gasteiger charge is 2.23. The lowest BCUT2D eigenvalue weighted by Crippen LogP contribution is -2.47. The summed E-state index contributed by atoms with van der Waals surface area (Å²) in [5.41, 5.74) is 0. The third-order valence-corrected chi connectivity index (χ3v) is 9.27. The minimum absolute atomic E-state index is 0.0118. The van der Waals surface area contributed by atoms with Crippen molar-refractivity contribution in [2.45, 2.75) is 46.3 Å². The molecule has 67 heavy (non-hydrogen) atoms. The minimum atomic E-state index is -0.419. The van der Waals surface area contributed by atoms with E-state index in [2.05, 4.69) is 10.6 Å². The van der Waals surface area contributed by atoms with Crippen molar-refractivity contribution < 1.29 is 57.5 Å². The third-order valence-electron chi connectivity index (χ3n) is 9.27. The molecule has 0 aliphatic heterocycles. The SMILES string of the molecule is CC(C)N(C)CC(=O)N(C)CC(=O)N(C)CC(=O)N(C)CC(=O)N(C)CC=O.CC(C)OCCNC(=O)CCNC(=O)CN(C)C.CN(C)CC(=O)N(C)CC(=O)N(C)CC(=O)N(C)CC=O. The van der Waals surface area contributed by atoms with E-state index in [4.69, 9.17) is 4.74 Å². The Kier molecular flexibility index (Phi) is 35.8. The fourth-order valence-corrected chi connectivity index (χ4v) is 4.63. The summed E-state index contributed by atoms with van der Waals surface area (Å²) in [5, 5.41) is 5.41. The molecular weight excluding hydrogens is 877 g/mol. The van der Waals surface area contributed by atoms with Crippen LogP contribution < -0.4 is 10.6 Å². The molecule has 0 atom stereocenters. The zero-order chi connectivity index (χ0) is 52.6. The normalized spacial score (nSPS) is 10.5. The molecule has 9 amide bonds. The number of amides is 9. The van der Waals surface area contributed by atoms with E-state index in [-0.39, 0.29) is 118 Å². The van der Waals surface area contributed by atoms with Crippen LogP contribution in [0.3, 0.4) is 0 Å². The van der Waals surface area contributed by atoms with E-state index in [9.17, 15) is 52.7 Å². The summed E-state index contributed by atoms with van der Waals surface area (Å²) < 4.78 is 5.29. The van der Waals surface area contributed by atoms with Crippen LogP contribution >= 0.6 is 0 Å². The largest absolute Gasteiger partial charge is 0.377 e. The van der Waals surface area contributed by atoms with Gasteiger partial charge in [-0.1, -0.05) is 0 Å². The lowest BCUT2D eigenvalue weighted by Gasteiger charge is -2.26. The molecule has 0 aromatic heterocycles. The monoisotopic (exact) mass is 959 g/mol. The van der Waals surface area contributed by atoms with Gasteiger partial charge in [0.1, 0.15) is 12.6 Å². The van der Waals surface area contributed by atoms with Crippen LogP contribution in [0.15, 0.2) is 0 Å². The fraction of sp³-hybridized carbons (Fsp3) is 0.744. The van der Waals surface area contributed by atoms with Crippen molar-refractivity contribution in [3.63, 3.8) is 0 Å². The molecule has 0 spiro atoms. The first-order chi connectivity index (χ1) is 31.0. The Morgan fingerprint density at radius 3 is 1.04 bits per heavy atom. The van der Waals surface area contributed by atoms with Crippen molar-refractivity contribution in [3.05, 3.63) is 0 Å². The van der Waals surface area contributed by atoms with Gasteiger partial charge in [0.15, 0.2) is 0 Å². The molecular formula is C43H82N12O12. The predicted molar refractivity (Wildman–Crippen MR) is 252 cm³/mol. The van der Waals surface area contributed by atoms with E-state index in [1.165, 1.54) is 83.6 Å². The Labute approximate surface area is 398 Å². The van der Waals surface area contributed by atoms with Gasteiger partial charge in [-0.25, -0.2) is 0 Å². The summed E-state index contributed by atoms with van der Waals surface area (Å²) in [7, 11) is 19.4. The Balaban J connectivity index is -0.000000943. The van der Waals surface area contributed by atoms with E-state index in [0.717, 1.165) is 0 Å². The summed E-state index contributed by atoms with van der Waals surface area (Å²) in [6.07, 6.45) is 1.68. The molecule has 0 aromatic carbocycles. The number of likely N-dealkylation sites (N-methyl/N-ethyl adjacent to an activating group) is 10. The number of aldehydes is 2. The number of nitrogens with zero attached hydrogens (tertiary/aromatic N) is 10. The molecule has 386 valence electrons. The zero-order valence-electron chi connectivity index (χ0n) is 43.1. The van der Waals surface area contributed by atoms with E-state index in [0.29, 0.717) is 45.2 Å². The van der Waals surface area contributed by atoms with Gasteiger partial charge in [-0.2, -0.15) is 0 Å². The first-order valence-electron chi connectivity index (χ1n) is 21.7. The third kappa shape index (κ3) is 34.4. The lowest BCUT2D eigenvalue weighted by atomic mass is 10.3. The Hall–Kier alpha value is -5.59. The van der Waals surface area contributed by atoms with E-state index < -0.39 is 5.91 Å². The summed E-state index contributed by atoms with van der Waals surface area (Å²) in [6.45, 7) is 9.14. The molecule has 0 saturated heterocycles. The van der Waals surface area contributed by atoms with Crippen LogP contribution in [0.1, 0.15) is 34.1 Å². The van der Waals surface area contributed by atoms with Gasteiger partial charge in [0.2, 0.25) is 53.2 Å². The van der Waals surface area contributed by atoms with Gasteiger partial charge in [0.05, 0.1) is 78.2 Å². The second-order valence-electron chi connectivity index (χ2n) is 17.0. The molecule has 0 unspecified atom stereocenters. The number of ether oxygens (including phenoxy) is 1.